The van der Waals surface area contributed by atoms with Crippen molar-refractivity contribution in [3.8, 4) is 16.9 Å². The van der Waals surface area contributed by atoms with Crippen LogP contribution in [0.2, 0.25) is 10.2 Å². The van der Waals surface area contributed by atoms with Crippen molar-refractivity contribution in [1.82, 2.24) is 40.6 Å². The predicted molar refractivity (Wildman–Crippen MR) is 163 cm³/mol. The fourth-order valence-corrected chi connectivity index (χ4v) is 4.55. The second-order valence-corrected chi connectivity index (χ2v) is 9.86. The number of aromatic nitrogens is 6. The maximum Gasteiger partial charge on any atom is 0.411 e. The highest BCUT2D eigenvalue weighted by Gasteiger charge is 2.26. The Balaban J connectivity index is 1.60. The summed E-state index contributed by atoms with van der Waals surface area (Å²) in [7, 11) is 1.27. The minimum absolute atomic E-state index is 0.175. The fourth-order valence-electron chi connectivity index (χ4n) is 4.12. The van der Waals surface area contributed by atoms with E-state index in [-0.39, 0.29) is 23.3 Å². The Kier molecular flexibility index (Phi) is 11.0. The van der Waals surface area contributed by atoms with Gasteiger partial charge in [0, 0.05) is 34.5 Å². The summed E-state index contributed by atoms with van der Waals surface area (Å²) in [4.78, 5) is 50.8. The van der Waals surface area contributed by atoms with Crippen LogP contribution < -0.4 is 10.6 Å². The van der Waals surface area contributed by atoms with Crippen LogP contribution in [0.25, 0.3) is 23.0 Å². The Hall–Kier alpha value is -4.79. The lowest BCUT2D eigenvalue weighted by Gasteiger charge is -2.22. The average molecular weight is 643 g/mol. The second-order valence-electron chi connectivity index (χ2n) is 9.04. The number of nitrogens with one attached hydrogen (secondary N) is 3. The van der Waals surface area contributed by atoms with E-state index in [4.69, 9.17) is 28.0 Å². The van der Waals surface area contributed by atoms with Gasteiger partial charge in [-0.1, -0.05) is 35.3 Å². The standard InChI is InChI=1S/C28H29Cl2N9O5/c1-4-39(44-5-2)24(41)15-21(27-34-25(26(30)35-27)17-6-10-20(11-7-17)32-28(42)43-3)33-23(40)13-8-18-14-19(29)9-12-22(18)38-16-31-36-37-38/h6-14,16,21H,4-5,15H2,1-3H3,(H,32,42)(H,33,40)(H,34,35)/t21-/m0/s1. The molecule has 0 fully saturated rings. The van der Waals surface area contributed by atoms with E-state index in [0.717, 1.165) is 0 Å². The number of amides is 3. The van der Waals surface area contributed by atoms with Gasteiger partial charge in [-0.25, -0.2) is 14.8 Å². The molecule has 4 aromatic rings. The lowest BCUT2D eigenvalue weighted by atomic mass is 10.1. The molecule has 0 aliphatic rings. The van der Waals surface area contributed by atoms with E-state index in [1.807, 2.05) is 0 Å². The highest BCUT2D eigenvalue weighted by Crippen LogP contribution is 2.30. The Labute approximate surface area is 262 Å². The summed E-state index contributed by atoms with van der Waals surface area (Å²) >= 11 is 12.7. The number of nitrogens with zero attached hydrogens (tertiary/aromatic N) is 6. The highest BCUT2D eigenvalue weighted by atomic mass is 35.5. The number of halogens is 2. The van der Waals surface area contributed by atoms with Gasteiger partial charge in [-0.15, -0.1) is 5.10 Å². The van der Waals surface area contributed by atoms with E-state index in [0.29, 0.717) is 46.4 Å². The number of H-pyrrole nitrogens is 1. The molecule has 1 atom stereocenters. The summed E-state index contributed by atoms with van der Waals surface area (Å²) < 4.78 is 6.05. The number of ether oxygens (including phenoxy) is 1. The van der Waals surface area contributed by atoms with Gasteiger partial charge >= 0.3 is 6.09 Å². The second kappa shape index (κ2) is 15.1. The van der Waals surface area contributed by atoms with Crippen LogP contribution in [-0.4, -0.2) is 73.4 Å². The summed E-state index contributed by atoms with van der Waals surface area (Å²) in [6.07, 6.45) is 3.49. The van der Waals surface area contributed by atoms with Gasteiger partial charge in [0.2, 0.25) is 11.8 Å². The molecule has 230 valence electrons. The van der Waals surface area contributed by atoms with E-state index in [1.165, 1.54) is 29.3 Å². The van der Waals surface area contributed by atoms with Gasteiger partial charge in [0.15, 0.2) is 0 Å². The molecule has 0 aliphatic heterocycles. The highest BCUT2D eigenvalue weighted by molar-refractivity contribution is 6.32. The third kappa shape index (κ3) is 8.18. The van der Waals surface area contributed by atoms with Crippen LogP contribution in [0.3, 0.4) is 0 Å². The molecule has 0 unspecified atom stereocenters. The quantitative estimate of drug-likeness (QED) is 0.148. The van der Waals surface area contributed by atoms with Crippen LogP contribution in [0.15, 0.2) is 54.9 Å². The fraction of sp³-hybridized carbons (Fsp3) is 0.250. The Morgan fingerprint density at radius 1 is 1.14 bits per heavy atom. The van der Waals surface area contributed by atoms with E-state index in [2.05, 4.69) is 40.9 Å². The Bertz CT molecular complexity index is 1620. The summed E-state index contributed by atoms with van der Waals surface area (Å²) in [5, 5.41) is 18.5. The van der Waals surface area contributed by atoms with Crippen molar-refractivity contribution >= 4 is 52.9 Å². The van der Waals surface area contributed by atoms with Crippen molar-refractivity contribution in [2.45, 2.75) is 26.3 Å². The molecular formula is C28H29Cl2N9O5. The SMILES string of the molecule is CCON(CC)C(=O)C[C@H](NC(=O)C=Cc1cc(Cl)ccc1-n1cnnn1)c1nc(-c2ccc(NC(=O)OC)cc2)c(Cl)[nH]1. The topological polar surface area (TPSA) is 169 Å². The number of imidazole rings is 1. The number of tetrazole rings is 1. The lowest BCUT2D eigenvalue weighted by Crippen LogP contribution is -2.36. The van der Waals surface area contributed by atoms with Gasteiger partial charge in [0.05, 0.1) is 31.9 Å². The number of methoxy groups -OCH3 is 1. The number of carbonyl (C=O) groups is 3. The molecule has 44 heavy (non-hydrogen) atoms. The predicted octanol–water partition coefficient (Wildman–Crippen LogP) is 4.60. The molecule has 0 saturated carbocycles. The normalized spacial score (nSPS) is 11.8. The van der Waals surface area contributed by atoms with Crippen LogP contribution in [0.5, 0.6) is 0 Å². The number of aromatic amines is 1. The molecule has 0 aliphatic carbocycles. The third-order valence-corrected chi connectivity index (χ3v) is 6.65. The minimum atomic E-state index is -0.904. The Morgan fingerprint density at radius 2 is 1.91 bits per heavy atom. The first-order chi connectivity index (χ1) is 21.2. The molecule has 3 amide bonds. The van der Waals surface area contributed by atoms with Gasteiger partial charge < -0.3 is 15.0 Å². The summed E-state index contributed by atoms with van der Waals surface area (Å²) in [5.41, 5.74) is 2.70. The summed E-state index contributed by atoms with van der Waals surface area (Å²) in [6, 6.07) is 10.9. The molecule has 3 N–H and O–H groups in total. The Morgan fingerprint density at radius 3 is 2.57 bits per heavy atom. The molecular weight excluding hydrogens is 613 g/mol. The molecule has 2 heterocycles. The molecule has 4 rings (SSSR count). The van der Waals surface area contributed by atoms with Gasteiger partial charge in [-0.3, -0.25) is 19.7 Å². The largest absolute Gasteiger partial charge is 0.453 e. The van der Waals surface area contributed by atoms with E-state index >= 15 is 0 Å². The molecule has 2 aromatic carbocycles. The van der Waals surface area contributed by atoms with Gasteiger partial charge in [-0.05, 0) is 60.7 Å². The summed E-state index contributed by atoms with van der Waals surface area (Å²) in [6.45, 7) is 4.14. The molecule has 0 bridgehead atoms. The number of hydrogen-bond donors (Lipinski definition) is 3. The lowest BCUT2D eigenvalue weighted by molar-refractivity contribution is -0.184. The number of anilines is 1. The van der Waals surface area contributed by atoms with Crippen molar-refractivity contribution < 1.29 is 24.0 Å². The molecule has 16 heteroatoms. The minimum Gasteiger partial charge on any atom is -0.453 e. The molecule has 0 radical (unpaired) electrons. The smallest absolute Gasteiger partial charge is 0.411 e. The van der Waals surface area contributed by atoms with E-state index in [9.17, 15) is 14.4 Å². The van der Waals surface area contributed by atoms with Crippen molar-refractivity contribution in [2.75, 3.05) is 25.6 Å². The maximum atomic E-state index is 13.2. The molecule has 14 nitrogen and oxygen atoms in total. The van der Waals surface area contributed by atoms with E-state index in [1.54, 1.807) is 62.4 Å². The number of hydrogen-bond acceptors (Lipinski definition) is 9. The first-order valence-corrected chi connectivity index (χ1v) is 14.1. The van der Waals surface area contributed by atoms with Crippen molar-refractivity contribution in [3.63, 3.8) is 0 Å². The van der Waals surface area contributed by atoms with Crippen LogP contribution in [0, 0.1) is 0 Å². The zero-order valence-corrected chi connectivity index (χ0v) is 25.5. The van der Waals surface area contributed by atoms with Crippen LogP contribution in [-0.2, 0) is 19.2 Å². The van der Waals surface area contributed by atoms with Crippen LogP contribution >= 0.6 is 23.2 Å². The molecule has 0 spiro atoms. The van der Waals surface area contributed by atoms with Gasteiger partial charge in [0.25, 0.3) is 0 Å². The first-order valence-electron chi connectivity index (χ1n) is 13.4. The number of benzene rings is 2. The maximum absolute atomic E-state index is 13.2. The average Bonchev–Trinajstić information content (AvgIpc) is 3.69. The summed E-state index contributed by atoms with van der Waals surface area (Å²) in [5.74, 6) is -0.634. The number of carbonyl (C=O) groups excluding carboxylic acids is 3. The zero-order valence-electron chi connectivity index (χ0n) is 24.0. The van der Waals surface area contributed by atoms with Crippen LogP contribution in [0.4, 0.5) is 10.5 Å². The van der Waals surface area contributed by atoms with Crippen LogP contribution in [0.1, 0.15) is 37.7 Å². The van der Waals surface area contributed by atoms with Crippen molar-refractivity contribution in [3.05, 3.63) is 76.4 Å². The zero-order chi connectivity index (χ0) is 31.6. The molecule has 0 saturated heterocycles. The number of rotatable bonds is 12. The third-order valence-electron chi connectivity index (χ3n) is 6.14. The van der Waals surface area contributed by atoms with Crippen molar-refractivity contribution in [2.24, 2.45) is 0 Å². The first kappa shape index (κ1) is 32.1. The monoisotopic (exact) mass is 641 g/mol. The van der Waals surface area contributed by atoms with Gasteiger partial charge in [0.1, 0.15) is 23.0 Å². The van der Waals surface area contributed by atoms with Crippen molar-refractivity contribution in [1.29, 1.82) is 0 Å². The number of hydroxylamine groups is 2. The molecule has 2 aromatic heterocycles. The van der Waals surface area contributed by atoms with Gasteiger partial charge in [-0.2, -0.15) is 4.68 Å². The van der Waals surface area contributed by atoms with E-state index < -0.39 is 18.0 Å².